The molecular weight excluding hydrogens is 382 g/mol. The van der Waals surface area contributed by atoms with Crippen molar-refractivity contribution in [2.45, 2.75) is 6.92 Å². The first-order valence-electron chi connectivity index (χ1n) is 9.07. The number of hydrogen-bond donors (Lipinski definition) is 0. The molecule has 0 atom stereocenters. The molecule has 1 aliphatic rings. The molecule has 1 heterocycles. The van der Waals surface area contributed by atoms with Crippen LogP contribution in [-0.4, -0.2) is 22.0 Å². The molecule has 0 spiro atoms. The Hall–Kier alpha value is -3.44. The molecular formula is C24H17NO3S. The third-order valence-electron chi connectivity index (χ3n) is 4.61. The van der Waals surface area contributed by atoms with E-state index in [2.05, 4.69) is 0 Å². The van der Waals surface area contributed by atoms with Gasteiger partial charge in [0.25, 0.3) is 11.8 Å². The summed E-state index contributed by atoms with van der Waals surface area (Å²) in [5.74, 6) is -1.19. The summed E-state index contributed by atoms with van der Waals surface area (Å²) in [6, 6.07) is 24.4. The quantitative estimate of drug-likeness (QED) is 0.429. The van der Waals surface area contributed by atoms with E-state index in [9.17, 15) is 14.4 Å². The number of carbonyl (C=O) groups is 3. The number of amides is 3. The van der Waals surface area contributed by atoms with Gasteiger partial charge in [-0.3, -0.25) is 14.4 Å². The zero-order valence-electron chi connectivity index (χ0n) is 15.7. The highest BCUT2D eigenvalue weighted by atomic mass is 32.2. The molecule has 0 bridgehead atoms. The Kier molecular flexibility index (Phi) is 5.14. The molecule has 29 heavy (non-hydrogen) atoms. The van der Waals surface area contributed by atoms with Gasteiger partial charge in [0, 0.05) is 5.56 Å². The van der Waals surface area contributed by atoms with E-state index in [-0.39, 0.29) is 4.91 Å². The number of benzene rings is 3. The van der Waals surface area contributed by atoms with E-state index in [1.54, 1.807) is 30.3 Å². The summed E-state index contributed by atoms with van der Waals surface area (Å²) in [6.07, 6.45) is 1.64. The van der Waals surface area contributed by atoms with Crippen molar-refractivity contribution in [3.8, 4) is 11.1 Å². The lowest BCUT2D eigenvalue weighted by atomic mass is 10.0. The van der Waals surface area contributed by atoms with Crippen LogP contribution in [0, 0.1) is 6.92 Å². The van der Waals surface area contributed by atoms with Gasteiger partial charge in [0.15, 0.2) is 0 Å². The third kappa shape index (κ3) is 3.91. The van der Waals surface area contributed by atoms with E-state index in [1.807, 2.05) is 61.5 Å². The standard InChI is InChI=1S/C24H17NO3S/c1-16-7-11-20(12-8-16)22(26)25-23(27)21(29-24(25)28)15-17-9-13-19(14-10-17)18-5-3-2-4-6-18/h2-15H,1H3/b21-15+. The molecule has 142 valence electrons. The average molecular weight is 399 g/mol. The molecule has 0 N–H and O–H groups in total. The Morgan fingerprint density at radius 2 is 1.45 bits per heavy atom. The molecule has 0 radical (unpaired) electrons. The monoisotopic (exact) mass is 399 g/mol. The first-order chi connectivity index (χ1) is 14.0. The van der Waals surface area contributed by atoms with Crippen LogP contribution in [0.4, 0.5) is 4.79 Å². The highest BCUT2D eigenvalue weighted by molar-refractivity contribution is 8.18. The maximum absolute atomic E-state index is 12.7. The van der Waals surface area contributed by atoms with Crippen LogP contribution in [0.1, 0.15) is 21.5 Å². The average Bonchev–Trinajstić information content (AvgIpc) is 3.02. The largest absolute Gasteiger partial charge is 0.300 e. The fourth-order valence-electron chi connectivity index (χ4n) is 3.02. The molecule has 1 aliphatic heterocycles. The van der Waals surface area contributed by atoms with Crippen molar-refractivity contribution in [1.82, 2.24) is 4.90 Å². The van der Waals surface area contributed by atoms with Crippen molar-refractivity contribution in [2.24, 2.45) is 0 Å². The summed E-state index contributed by atoms with van der Waals surface area (Å²) < 4.78 is 0. The number of thioether (sulfide) groups is 1. The van der Waals surface area contributed by atoms with Gasteiger partial charge in [-0.1, -0.05) is 72.3 Å². The summed E-state index contributed by atoms with van der Waals surface area (Å²) in [5, 5.41) is -0.576. The minimum atomic E-state index is -0.602. The Balaban J connectivity index is 1.56. The predicted molar refractivity (Wildman–Crippen MR) is 115 cm³/mol. The smallest absolute Gasteiger partial charge is 0.268 e. The molecule has 3 aromatic rings. The van der Waals surface area contributed by atoms with Gasteiger partial charge in [0.1, 0.15) is 0 Å². The van der Waals surface area contributed by atoms with Crippen LogP contribution in [0.3, 0.4) is 0 Å². The van der Waals surface area contributed by atoms with Crippen LogP contribution in [-0.2, 0) is 4.79 Å². The lowest BCUT2D eigenvalue weighted by Crippen LogP contribution is -2.34. The van der Waals surface area contributed by atoms with Gasteiger partial charge < -0.3 is 0 Å². The maximum Gasteiger partial charge on any atom is 0.300 e. The van der Waals surface area contributed by atoms with Crippen LogP contribution < -0.4 is 0 Å². The minimum absolute atomic E-state index is 0.239. The Morgan fingerprint density at radius 1 is 0.828 bits per heavy atom. The third-order valence-corrected chi connectivity index (χ3v) is 5.48. The summed E-state index contributed by atoms with van der Waals surface area (Å²) in [7, 11) is 0. The first-order valence-corrected chi connectivity index (χ1v) is 9.89. The number of aryl methyl sites for hydroxylation is 1. The number of nitrogens with zero attached hydrogens (tertiary/aromatic N) is 1. The number of imide groups is 3. The molecule has 5 heteroatoms. The van der Waals surface area contributed by atoms with E-state index in [0.29, 0.717) is 10.5 Å². The molecule has 4 nitrogen and oxygen atoms in total. The molecule has 1 fully saturated rings. The lowest BCUT2D eigenvalue weighted by Gasteiger charge is -2.10. The maximum atomic E-state index is 12.7. The Labute approximate surface area is 172 Å². The minimum Gasteiger partial charge on any atom is -0.268 e. The van der Waals surface area contributed by atoms with E-state index in [1.165, 1.54) is 0 Å². The Morgan fingerprint density at radius 3 is 2.10 bits per heavy atom. The van der Waals surface area contributed by atoms with Crippen molar-refractivity contribution in [2.75, 3.05) is 0 Å². The second-order valence-electron chi connectivity index (χ2n) is 6.68. The molecule has 0 unspecified atom stereocenters. The number of hydrogen-bond acceptors (Lipinski definition) is 4. The number of carbonyl (C=O) groups excluding carboxylic acids is 3. The van der Waals surface area contributed by atoms with Gasteiger partial charge >= 0.3 is 5.24 Å². The summed E-state index contributed by atoms with van der Waals surface area (Å²) in [4.78, 5) is 38.6. The molecule has 0 aromatic heterocycles. The van der Waals surface area contributed by atoms with Gasteiger partial charge in [-0.2, -0.15) is 0 Å². The van der Waals surface area contributed by atoms with Crippen LogP contribution in [0.15, 0.2) is 83.8 Å². The summed E-state index contributed by atoms with van der Waals surface area (Å²) >= 11 is 0.781. The van der Waals surface area contributed by atoms with Crippen molar-refractivity contribution in [3.63, 3.8) is 0 Å². The highest BCUT2D eigenvalue weighted by Gasteiger charge is 2.40. The van der Waals surface area contributed by atoms with Gasteiger partial charge in [-0.15, -0.1) is 0 Å². The van der Waals surface area contributed by atoms with Gasteiger partial charge in [-0.25, -0.2) is 4.90 Å². The van der Waals surface area contributed by atoms with Gasteiger partial charge in [0.05, 0.1) is 4.91 Å². The Bertz CT molecular complexity index is 1120. The second kappa shape index (κ2) is 7.89. The van der Waals surface area contributed by atoms with Gasteiger partial charge in [0.2, 0.25) is 0 Å². The van der Waals surface area contributed by atoms with Crippen LogP contribution in [0.2, 0.25) is 0 Å². The van der Waals surface area contributed by atoms with E-state index in [0.717, 1.165) is 34.0 Å². The molecule has 4 rings (SSSR count). The van der Waals surface area contributed by atoms with Crippen LogP contribution in [0.5, 0.6) is 0 Å². The fourth-order valence-corrected chi connectivity index (χ4v) is 3.84. The van der Waals surface area contributed by atoms with Crippen LogP contribution in [0.25, 0.3) is 17.2 Å². The first kappa shape index (κ1) is 18.9. The number of rotatable bonds is 3. The second-order valence-corrected chi connectivity index (χ2v) is 7.67. The topological polar surface area (TPSA) is 54.5 Å². The van der Waals surface area contributed by atoms with Crippen LogP contribution >= 0.6 is 11.8 Å². The van der Waals surface area contributed by atoms with Crippen molar-refractivity contribution < 1.29 is 14.4 Å². The van der Waals surface area contributed by atoms with E-state index in [4.69, 9.17) is 0 Å². The fraction of sp³-hybridized carbons (Fsp3) is 0.0417. The zero-order chi connectivity index (χ0) is 20.4. The molecule has 1 saturated heterocycles. The predicted octanol–water partition coefficient (Wildman–Crippen LogP) is 5.54. The molecule has 0 aliphatic carbocycles. The van der Waals surface area contributed by atoms with Gasteiger partial charge in [-0.05, 0) is 53.6 Å². The molecule has 3 amide bonds. The highest BCUT2D eigenvalue weighted by Crippen LogP contribution is 2.33. The normalized spacial score (nSPS) is 15.2. The lowest BCUT2D eigenvalue weighted by molar-refractivity contribution is -0.120. The van der Waals surface area contributed by atoms with Crippen molar-refractivity contribution in [3.05, 3.63) is 100 Å². The molecule has 0 saturated carbocycles. The van der Waals surface area contributed by atoms with E-state index >= 15 is 0 Å². The zero-order valence-corrected chi connectivity index (χ0v) is 16.5. The summed E-state index contributed by atoms with van der Waals surface area (Å²) in [6.45, 7) is 1.90. The van der Waals surface area contributed by atoms with Crippen molar-refractivity contribution in [1.29, 1.82) is 0 Å². The SMILES string of the molecule is Cc1ccc(C(=O)N2C(=O)S/C(=C/c3ccc(-c4ccccc4)cc3)C2=O)cc1. The van der Waals surface area contributed by atoms with E-state index < -0.39 is 17.1 Å². The molecule has 3 aromatic carbocycles. The summed E-state index contributed by atoms with van der Waals surface area (Å²) in [5.41, 5.74) is 4.26. The van der Waals surface area contributed by atoms with Crippen molar-refractivity contribution >= 4 is 34.9 Å².